The molecule has 2 rings (SSSR count). The number of carbonyl (C=O) groups excluding carboxylic acids is 1. The molecule has 0 fully saturated rings. The van der Waals surface area contributed by atoms with Gasteiger partial charge >= 0.3 is 5.97 Å². The van der Waals surface area contributed by atoms with Crippen molar-refractivity contribution < 1.29 is 14.7 Å². The molecule has 0 radical (unpaired) electrons. The zero-order valence-electron chi connectivity index (χ0n) is 10.8. The van der Waals surface area contributed by atoms with Gasteiger partial charge in [-0.05, 0) is 24.3 Å². The Hall–Kier alpha value is -1.96. The summed E-state index contributed by atoms with van der Waals surface area (Å²) in [5.41, 5.74) is 6.08. The highest BCUT2D eigenvalue weighted by Gasteiger charge is 2.22. The lowest BCUT2D eigenvalue weighted by Crippen LogP contribution is -2.36. The van der Waals surface area contributed by atoms with Crippen LogP contribution in [0.3, 0.4) is 0 Å². The van der Waals surface area contributed by atoms with E-state index in [2.05, 4.69) is 4.98 Å². The smallest absolute Gasteiger partial charge is 0.323 e. The monoisotopic (exact) mass is 325 g/mol. The van der Waals surface area contributed by atoms with Crippen molar-refractivity contribution in [2.75, 3.05) is 11.4 Å². The number of anilines is 1. The molecule has 0 saturated heterocycles. The highest BCUT2D eigenvalue weighted by molar-refractivity contribution is 7.09. The van der Waals surface area contributed by atoms with Crippen molar-refractivity contribution in [3.8, 4) is 0 Å². The van der Waals surface area contributed by atoms with Crippen LogP contribution in [0.15, 0.2) is 29.6 Å². The van der Waals surface area contributed by atoms with Crippen molar-refractivity contribution >= 4 is 40.5 Å². The summed E-state index contributed by atoms with van der Waals surface area (Å²) in [6.45, 7) is -0.228. The maximum atomic E-state index is 12.4. The zero-order valence-corrected chi connectivity index (χ0v) is 12.4. The first-order valence-corrected chi connectivity index (χ1v) is 7.20. The summed E-state index contributed by atoms with van der Waals surface area (Å²) in [5, 5.41) is 11.7. The highest BCUT2D eigenvalue weighted by Crippen LogP contribution is 2.21. The number of aromatic nitrogens is 1. The van der Waals surface area contributed by atoms with E-state index in [1.165, 1.54) is 11.3 Å². The Morgan fingerprint density at radius 3 is 2.52 bits per heavy atom. The van der Waals surface area contributed by atoms with E-state index >= 15 is 0 Å². The number of amides is 1. The molecule has 0 spiro atoms. The van der Waals surface area contributed by atoms with E-state index in [9.17, 15) is 9.59 Å². The number of rotatable bonds is 5. The molecular formula is C13H12ClN3O3S. The number of hydrogen-bond donors (Lipinski definition) is 2. The Bertz CT molecular complexity index is 657. The topological polar surface area (TPSA) is 96.5 Å². The zero-order chi connectivity index (χ0) is 15.4. The van der Waals surface area contributed by atoms with Crippen molar-refractivity contribution in [1.29, 1.82) is 0 Å². The van der Waals surface area contributed by atoms with Gasteiger partial charge < -0.3 is 10.8 Å². The molecule has 1 amide bonds. The van der Waals surface area contributed by atoms with Crippen molar-refractivity contribution in [3.05, 3.63) is 45.4 Å². The minimum Gasteiger partial charge on any atom is -0.480 e. The lowest BCUT2D eigenvalue weighted by Gasteiger charge is -2.19. The predicted octanol–water partition coefficient (Wildman–Crippen LogP) is 1.99. The summed E-state index contributed by atoms with van der Waals surface area (Å²) in [7, 11) is 0. The number of nitrogens with zero attached hydrogens (tertiary/aromatic N) is 2. The minimum absolute atomic E-state index is 0.177. The molecule has 21 heavy (non-hydrogen) atoms. The van der Waals surface area contributed by atoms with Crippen LogP contribution >= 0.6 is 22.9 Å². The van der Waals surface area contributed by atoms with Crippen molar-refractivity contribution in [2.45, 2.75) is 6.54 Å². The first-order valence-electron chi connectivity index (χ1n) is 5.95. The Balaban J connectivity index is 2.32. The molecule has 1 aromatic heterocycles. The van der Waals surface area contributed by atoms with Crippen LogP contribution in [0, 0.1) is 0 Å². The predicted molar refractivity (Wildman–Crippen MR) is 80.8 cm³/mol. The highest BCUT2D eigenvalue weighted by atomic mass is 35.5. The maximum absolute atomic E-state index is 12.4. The molecule has 2 aromatic rings. The molecule has 0 aliphatic rings. The second-order valence-electron chi connectivity index (χ2n) is 4.09. The lowest BCUT2D eigenvalue weighted by atomic mass is 10.2. The Morgan fingerprint density at radius 2 is 2.00 bits per heavy atom. The fourth-order valence-electron chi connectivity index (χ4n) is 1.68. The van der Waals surface area contributed by atoms with E-state index in [0.29, 0.717) is 15.7 Å². The number of halogens is 1. The van der Waals surface area contributed by atoms with Gasteiger partial charge in [-0.3, -0.25) is 14.5 Å². The number of aliphatic carboxylic acids is 1. The molecule has 6 nitrogen and oxygen atoms in total. The molecule has 1 heterocycles. The molecule has 1 aromatic carbocycles. The molecule has 0 aliphatic heterocycles. The van der Waals surface area contributed by atoms with Gasteiger partial charge in [0.15, 0.2) is 0 Å². The maximum Gasteiger partial charge on any atom is 0.323 e. The Kier molecular flexibility index (Phi) is 4.89. The number of carboxylic acid groups (broad SMARTS) is 1. The molecule has 0 unspecified atom stereocenters. The van der Waals surface area contributed by atoms with Crippen LogP contribution in [0.4, 0.5) is 5.69 Å². The van der Waals surface area contributed by atoms with Crippen molar-refractivity contribution in [2.24, 2.45) is 5.73 Å². The first kappa shape index (κ1) is 15.4. The summed E-state index contributed by atoms with van der Waals surface area (Å²) in [6.07, 6.45) is 0. The van der Waals surface area contributed by atoms with Crippen LogP contribution in [0.25, 0.3) is 0 Å². The van der Waals surface area contributed by atoms with E-state index in [1.54, 1.807) is 29.6 Å². The summed E-state index contributed by atoms with van der Waals surface area (Å²) in [6, 6.07) is 6.34. The first-order chi connectivity index (χ1) is 10.0. The molecule has 0 atom stereocenters. The van der Waals surface area contributed by atoms with E-state index in [-0.39, 0.29) is 12.2 Å². The third kappa shape index (κ3) is 3.78. The van der Waals surface area contributed by atoms with Gasteiger partial charge in [0.1, 0.15) is 17.2 Å². The summed E-state index contributed by atoms with van der Waals surface area (Å²) < 4.78 is 0. The Morgan fingerprint density at radius 1 is 1.33 bits per heavy atom. The lowest BCUT2D eigenvalue weighted by molar-refractivity contribution is -0.135. The third-order valence-corrected chi connectivity index (χ3v) is 3.75. The molecule has 0 saturated carbocycles. The van der Waals surface area contributed by atoms with Gasteiger partial charge in [-0.25, -0.2) is 4.98 Å². The van der Waals surface area contributed by atoms with Crippen LogP contribution in [0.1, 0.15) is 15.5 Å². The molecule has 3 N–H and O–H groups in total. The standard InChI is InChI=1S/C13H12ClN3O3S/c14-8-1-3-9(4-2-8)17(6-12(18)19)13(20)10-7-21-11(5-15)16-10/h1-4,7H,5-6,15H2,(H,18,19). The van der Waals surface area contributed by atoms with Crippen molar-refractivity contribution in [3.63, 3.8) is 0 Å². The second-order valence-corrected chi connectivity index (χ2v) is 5.47. The summed E-state index contributed by atoms with van der Waals surface area (Å²) >= 11 is 7.06. The molecule has 110 valence electrons. The van der Waals surface area contributed by atoms with Crippen molar-refractivity contribution in [1.82, 2.24) is 4.98 Å². The van der Waals surface area contributed by atoms with Gasteiger partial charge in [-0.2, -0.15) is 0 Å². The van der Waals surface area contributed by atoms with Gasteiger partial charge in [0.05, 0.1) is 0 Å². The average Bonchev–Trinajstić information content (AvgIpc) is 2.94. The van der Waals surface area contributed by atoms with Gasteiger partial charge in [-0.15, -0.1) is 11.3 Å². The normalized spacial score (nSPS) is 10.4. The SMILES string of the molecule is NCc1nc(C(=O)N(CC(=O)O)c2ccc(Cl)cc2)cs1. The molecule has 8 heteroatoms. The molecular weight excluding hydrogens is 314 g/mol. The van der Waals surface area contributed by atoms with E-state index < -0.39 is 18.4 Å². The van der Waals surface area contributed by atoms with Gasteiger partial charge in [0, 0.05) is 22.6 Å². The molecule has 0 aliphatic carbocycles. The van der Waals surface area contributed by atoms with E-state index in [0.717, 1.165) is 4.90 Å². The quantitative estimate of drug-likeness (QED) is 0.876. The van der Waals surface area contributed by atoms with Gasteiger partial charge in [-0.1, -0.05) is 11.6 Å². The number of carboxylic acids is 1. The molecule has 0 bridgehead atoms. The Labute approximate surface area is 129 Å². The number of nitrogens with two attached hydrogens (primary N) is 1. The average molecular weight is 326 g/mol. The second kappa shape index (κ2) is 6.66. The fourth-order valence-corrected chi connectivity index (χ4v) is 2.45. The third-order valence-electron chi connectivity index (χ3n) is 2.62. The van der Waals surface area contributed by atoms with Gasteiger partial charge in [0.25, 0.3) is 5.91 Å². The number of benzene rings is 1. The van der Waals surface area contributed by atoms with E-state index in [1.807, 2.05) is 0 Å². The summed E-state index contributed by atoms with van der Waals surface area (Å²) in [4.78, 5) is 28.6. The van der Waals surface area contributed by atoms with Gasteiger partial charge in [0.2, 0.25) is 0 Å². The van der Waals surface area contributed by atoms with Crippen LogP contribution in [-0.2, 0) is 11.3 Å². The van der Waals surface area contributed by atoms with E-state index in [4.69, 9.17) is 22.4 Å². The number of carbonyl (C=O) groups is 2. The number of hydrogen-bond acceptors (Lipinski definition) is 5. The van der Waals surface area contributed by atoms with Crippen LogP contribution in [0.5, 0.6) is 0 Å². The van der Waals surface area contributed by atoms with Crippen LogP contribution in [0.2, 0.25) is 5.02 Å². The fraction of sp³-hybridized carbons (Fsp3) is 0.154. The minimum atomic E-state index is -1.12. The number of thiazole rings is 1. The largest absolute Gasteiger partial charge is 0.480 e. The van der Waals surface area contributed by atoms with Crippen LogP contribution in [-0.4, -0.2) is 28.5 Å². The summed E-state index contributed by atoms with van der Waals surface area (Å²) in [5.74, 6) is -1.61. The van der Waals surface area contributed by atoms with Crippen LogP contribution < -0.4 is 10.6 Å².